The molecule has 0 aliphatic heterocycles. The van der Waals surface area contributed by atoms with Crippen molar-refractivity contribution in [2.24, 2.45) is 0 Å². The summed E-state index contributed by atoms with van der Waals surface area (Å²) >= 11 is 1.92. The Morgan fingerprint density at radius 2 is 2.00 bits per heavy atom. The molecule has 1 rings (SSSR count). The zero-order chi connectivity index (χ0) is 13.2. The van der Waals surface area contributed by atoms with Crippen molar-refractivity contribution in [3.8, 4) is 0 Å². The number of ether oxygens (including phenoxy) is 1. The van der Waals surface area contributed by atoms with Gasteiger partial charge in [-0.15, -0.1) is 0 Å². The monoisotopic (exact) mass is 267 g/mol. The van der Waals surface area contributed by atoms with Gasteiger partial charge in [0.1, 0.15) is 0 Å². The number of carbonyl (C=O) groups is 1. The molecular weight excluding hydrogens is 246 g/mol. The van der Waals surface area contributed by atoms with Gasteiger partial charge in [-0.3, -0.25) is 4.79 Å². The fourth-order valence-corrected chi connectivity index (χ4v) is 2.07. The molecule has 0 saturated heterocycles. The number of nitrogens with one attached hydrogen (secondary N) is 1. The lowest BCUT2D eigenvalue weighted by molar-refractivity contribution is -0.142. The second-order valence-corrected chi connectivity index (χ2v) is 5.20. The van der Waals surface area contributed by atoms with Crippen molar-refractivity contribution < 1.29 is 9.53 Å². The fourth-order valence-electron chi connectivity index (χ4n) is 1.53. The van der Waals surface area contributed by atoms with Gasteiger partial charge in [-0.05, 0) is 30.4 Å². The van der Waals surface area contributed by atoms with Crippen molar-refractivity contribution in [2.75, 3.05) is 30.0 Å². The Morgan fingerprint density at radius 1 is 1.28 bits per heavy atom. The summed E-state index contributed by atoms with van der Waals surface area (Å²) in [6.07, 6.45) is 0.347. The van der Waals surface area contributed by atoms with E-state index in [1.807, 2.05) is 43.0 Å². The van der Waals surface area contributed by atoms with E-state index >= 15 is 0 Å². The van der Waals surface area contributed by atoms with Crippen molar-refractivity contribution in [2.45, 2.75) is 20.3 Å². The molecule has 0 aliphatic rings. The summed E-state index contributed by atoms with van der Waals surface area (Å²) in [5, 5.41) is 3.35. The van der Waals surface area contributed by atoms with Crippen LogP contribution in [0.2, 0.25) is 0 Å². The number of carbonyl (C=O) groups excluding carboxylic acids is 1. The molecule has 18 heavy (non-hydrogen) atoms. The van der Waals surface area contributed by atoms with Gasteiger partial charge in [0.15, 0.2) is 0 Å². The summed E-state index contributed by atoms with van der Waals surface area (Å²) in [5.41, 5.74) is 2.08. The maximum Gasteiger partial charge on any atom is 0.310 e. The van der Waals surface area contributed by atoms with E-state index in [0.717, 1.165) is 29.3 Å². The molecule has 0 aliphatic carbocycles. The van der Waals surface area contributed by atoms with Crippen LogP contribution in [0.5, 0.6) is 0 Å². The summed E-state index contributed by atoms with van der Waals surface area (Å²) in [5.74, 6) is 2.10. The molecule has 1 aromatic carbocycles. The minimum absolute atomic E-state index is 0.169. The molecular formula is C14H21NO2S. The van der Waals surface area contributed by atoms with Crippen LogP contribution in [-0.4, -0.2) is 30.6 Å². The van der Waals surface area contributed by atoms with Crippen molar-refractivity contribution >= 4 is 23.4 Å². The maximum absolute atomic E-state index is 11.3. The molecule has 0 saturated carbocycles. The Kier molecular flexibility index (Phi) is 7.34. The Bertz CT molecular complexity index is 351. The predicted molar refractivity (Wildman–Crippen MR) is 78.3 cm³/mol. The Hall–Kier alpha value is -1.16. The van der Waals surface area contributed by atoms with Gasteiger partial charge in [0.05, 0.1) is 13.0 Å². The summed E-state index contributed by atoms with van der Waals surface area (Å²) in [4.78, 5) is 11.3. The number of hydrogen-bond acceptors (Lipinski definition) is 4. The van der Waals surface area contributed by atoms with Crippen LogP contribution >= 0.6 is 11.8 Å². The normalized spacial score (nSPS) is 10.1. The van der Waals surface area contributed by atoms with E-state index in [-0.39, 0.29) is 5.97 Å². The van der Waals surface area contributed by atoms with E-state index in [4.69, 9.17) is 4.74 Å². The van der Waals surface area contributed by atoms with Gasteiger partial charge in [-0.25, -0.2) is 0 Å². The molecule has 0 amide bonds. The summed E-state index contributed by atoms with van der Waals surface area (Å²) in [6, 6.07) is 7.94. The van der Waals surface area contributed by atoms with Crippen LogP contribution in [-0.2, 0) is 16.0 Å². The Balaban J connectivity index is 2.35. The average molecular weight is 267 g/mol. The zero-order valence-electron chi connectivity index (χ0n) is 11.1. The third kappa shape index (κ3) is 5.96. The highest BCUT2D eigenvalue weighted by Gasteiger charge is 2.03. The molecule has 4 heteroatoms. The third-order valence-corrected chi connectivity index (χ3v) is 3.29. The minimum atomic E-state index is -0.169. The first-order chi connectivity index (χ1) is 8.76. The molecule has 0 atom stereocenters. The van der Waals surface area contributed by atoms with Gasteiger partial charge < -0.3 is 10.1 Å². The minimum Gasteiger partial charge on any atom is -0.466 e. The summed E-state index contributed by atoms with van der Waals surface area (Å²) in [7, 11) is 0. The molecule has 0 fully saturated rings. The largest absolute Gasteiger partial charge is 0.466 e. The average Bonchev–Trinajstić information content (AvgIpc) is 2.37. The van der Waals surface area contributed by atoms with Gasteiger partial charge in [0.25, 0.3) is 0 Å². The van der Waals surface area contributed by atoms with Crippen molar-refractivity contribution in [1.29, 1.82) is 0 Å². The van der Waals surface area contributed by atoms with E-state index < -0.39 is 0 Å². The molecule has 0 aromatic heterocycles. The number of rotatable bonds is 8. The Labute approximate surface area is 113 Å². The number of thioether (sulfide) groups is 1. The summed E-state index contributed by atoms with van der Waals surface area (Å²) in [6.45, 7) is 5.39. The van der Waals surface area contributed by atoms with E-state index in [2.05, 4.69) is 12.2 Å². The Morgan fingerprint density at radius 3 is 2.61 bits per heavy atom. The van der Waals surface area contributed by atoms with Crippen LogP contribution in [0.1, 0.15) is 19.4 Å². The van der Waals surface area contributed by atoms with E-state index in [1.165, 1.54) is 0 Å². The van der Waals surface area contributed by atoms with Crippen molar-refractivity contribution in [1.82, 2.24) is 0 Å². The van der Waals surface area contributed by atoms with Crippen LogP contribution in [0.25, 0.3) is 0 Å². The SMILES string of the molecule is CCOC(=O)Cc1ccc(NCCSCC)cc1. The quantitative estimate of drug-likeness (QED) is 0.580. The number of hydrogen-bond donors (Lipinski definition) is 1. The van der Waals surface area contributed by atoms with Crippen LogP contribution in [0.3, 0.4) is 0 Å². The summed E-state index contributed by atoms with van der Waals surface area (Å²) < 4.78 is 4.91. The lowest BCUT2D eigenvalue weighted by Gasteiger charge is -2.07. The smallest absolute Gasteiger partial charge is 0.310 e. The second-order valence-electron chi connectivity index (χ2n) is 3.80. The highest BCUT2D eigenvalue weighted by atomic mass is 32.2. The first kappa shape index (κ1) is 14.9. The van der Waals surface area contributed by atoms with Crippen LogP contribution in [0.4, 0.5) is 5.69 Å². The molecule has 100 valence electrons. The van der Waals surface area contributed by atoms with Crippen LogP contribution in [0, 0.1) is 0 Å². The number of anilines is 1. The van der Waals surface area contributed by atoms with E-state index in [9.17, 15) is 4.79 Å². The molecule has 3 nitrogen and oxygen atoms in total. The van der Waals surface area contributed by atoms with Crippen molar-refractivity contribution in [3.05, 3.63) is 29.8 Å². The van der Waals surface area contributed by atoms with Crippen molar-refractivity contribution in [3.63, 3.8) is 0 Å². The van der Waals surface area contributed by atoms with Gasteiger partial charge in [0, 0.05) is 18.0 Å². The molecule has 0 unspecified atom stereocenters. The van der Waals surface area contributed by atoms with Gasteiger partial charge in [-0.2, -0.15) is 11.8 Å². The molecule has 0 radical (unpaired) electrons. The number of benzene rings is 1. The molecule has 1 aromatic rings. The van der Waals surface area contributed by atoms with E-state index in [1.54, 1.807) is 0 Å². The third-order valence-electron chi connectivity index (χ3n) is 2.39. The van der Waals surface area contributed by atoms with E-state index in [0.29, 0.717) is 13.0 Å². The maximum atomic E-state index is 11.3. The first-order valence-corrected chi connectivity index (χ1v) is 7.48. The lowest BCUT2D eigenvalue weighted by Crippen LogP contribution is -2.08. The van der Waals surface area contributed by atoms with Crippen LogP contribution < -0.4 is 5.32 Å². The zero-order valence-corrected chi connectivity index (χ0v) is 11.9. The highest BCUT2D eigenvalue weighted by molar-refractivity contribution is 7.99. The topological polar surface area (TPSA) is 38.3 Å². The second kappa shape index (κ2) is 8.86. The standard InChI is InChI=1S/C14H21NO2S/c1-3-17-14(16)11-12-5-7-13(8-6-12)15-9-10-18-4-2/h5-8,15H,3-4,9-11H2,1-2H3. The van der Waals surface area contributed by atoms with Gasteiger partial charge in [0.2, 0.25) is 0 Å². The van der Waals surface area contributed by atoms with Gasteiger partial charge in [-0.1, -0.05) is 19.1 Å². The fraction of sp³-hybridized carbons (Fsp3) is 0.500. The highest BCUT2D eigenvalue weighted by Crippen LogP contribution is 2.10. The molecule has 0 bridgehead atoms. The number of esters is 1. The predicted octanol–water partition coefficient (Wildman–Crippen LogP) is 2.96. The van der Waals surface area contributed by atoms with Crippen LogP contribution in [0.15, 0.2) is 24.3 Å². The first-order valence-electron chi connectivity index (χ1n) is 6.32. The van der Waals surface area contributed by atoms with Gasteiger partial charge >= 0.3 is 5.97 Å². The molecule has 0 spiro atoms. The molecule has 1 N–H and O–H groups in total. The lowest BCUT2D eigenvalue weighted by atomic mass is 10.1. The molecule has 0 heterocycles.